The van der Waals surface area contributed by atoms with E-state index in [4.69, 9.17) is 4.74 Å². The minimum Gasteiger partial charge on any atom is -0.375 e. The first-order chi connectivity index (χ1) is 14.2. The van der Waals surface area contributed by atoms with Crippen molar-refractivity contribution < 1.29 is 4.74 Å². The number of rotatable bonds is 7. The summed E-state index contributed by atoms with van der Waals surface area (Å²) in [4.78, 5) is 5.90. The van der Waals surface area contributed by atoms with Crippen LogP contribution in [0.2, 0.25) is 0 Å². The first-order valence-corrected chi connectivity index (χ1v) is 11.7. The van der Waals surface area contributed by atoms with E-state index in [1.165, 1.54) is 18.2 Å². The number of hydrogen-bond donors (Lipinski definition) is 1. The van der Waals surface area contributed by atoms with Crippen LogP contribution in [0.4, 0.5) is 0 Å². The maximum atomic E-state index is 6.04. The van der Waals surface area contributed by atoms with Gasteiger partial charge in [0.05, 0.1) is 12.7 Å². The van der Waals surface area contributed by atoms with Crippen LogP contribution >= 0.6 is 11.8 Å². The lowest BCUT2D eigenvalue weighted by Crippen LogP contribution is -2.44. The molecule has 1 atom stereocenters. The molecule has 1 N–H and O–H groups in total. The summed E-state index contributed by atoms with van der Waals surface area (Å²) in [5, 5.41) is 11.4. The van der Waals surface area contributed by atoms with Crippen molar-refractivity contribution in [2.75, 3.05) is 32.0 Å². The van der Waals surface area contributed by atoms with E-state index in [1.54, 1.807) is 11.8 Å². The number of aromatic nitrogens is 4. The van der Waals surface area contributed by atoms with Gasteiger partial charge in [0.2, 0.25) is 0 Å². The van der Waals surface area contributed by atoms with Gasteiger partial charge in [0.1, 0.15) is 0 Å². The molecule has 3 heterocycles. The summed E-state index contributed by atoms with van der Waals surface area (Å²) in [7, 11) is 0. The molecular weight excluding hydrogens is 382 g/mol. The molecule has 0 spiro atoms. The number of ether oxygens (including phenoxy) is 1. The Labute approximate surface area is 176 Å². The highest BCUT2D eigenvalue weighted by atomic mass is 32.2. The Bertz CT molecular complexity index is 977. The third-order valence-corrected chi connectivity index (χ3v) is 6.73. The average molecular weight is 412 g/mol. The Hall–Kier alpha value is -1.83. The standard InChI is InChI=1S/C22H29N5OS/c1-15(2)12-26-9-10-28-17(13-26)14-29-22-25-24-21(27(22)16-7-8-16)19-11-23-20-6-4-3-5-18(19)20/h3-6,11,15-17,23H,7-10,12-14H2,1-2H3. The summed E-state index contributed by atoms with van der Waals surface area (Å²) in [6, 6.07) is 8.92. The van der Waals surface area contributed by atoms with E-state index >= 15 is 0 Å². The molecule has 1 saturated heterocycles. The van der Waals surface area contributed by atoms with Crippen molar-refractivity contribution in [3.63, 3.8) is 0 Å². The average Bonchev–Trinajstić information content (AvgIpc) is 3.32. The minimum absolute atomic E-state index is 0.258. The molecule has 1 aliphatic heterocycles. The zero-order valence-electron chi connectivity index (χ0n) is 17.2. The fourth-order valence-electron chi connectivity index (χ4n) is 4.21. The van der Waals surface area contributed by atoms with Gasteiger partial charge in [-0.25, -0.2) is 0 Å². The number of nitrogens with zero attached hydrogens (tertiary/aromatic N) is 4. The smallest absolute Gasteiger partial charge is 0.191 e. The summed E-state index contributed by atoms with van der Waals surface area (Å²) in [5.41, 5.74) is 2.28. The van der Waals surface area contributed by atoms with Crippen molar-refractivity contribution in [2.24, 2.45) is 5.92 Å². The second-order valence-electron chi connectivity index (χ2n) is 8.61. The highest BCUT2D eigenvalue weighted by Crippen LogP contribution is 2.42. The number of morpholine rings is 1. The Kier molecular flexibility index (Phi) is 5.37. The van der Waals surface area contributed by atoms with Crippen LogP contribution in [0.5, 0.6) is 0 Å². The van der Waals surface area contributed by atoms with Gasteiger partial charge in [-0.15, -0.1) is 10.2 Å². The highest BCUT2D eigenvalue weighted by molar-refractivity contribution is 7.99. The third kappa shape index (κ3) is 4.09. The lowest BCUT2D eigenvalue weighted by molar-refractivity contribution is -0.0191. The lowest BCUT2D eigenvalue weighted by atomic mass is 10.1. The van der Waals surface area contributed by atoms with E-state index in [-0.39, 0.29) is 6.10 Å². The monoisotopic (exact) mass is 411 g/mol. The van der Waals surface area contributed by atoms with Crippen molar-refractivity contribution >= 4 is 22.7 Å². The normalized spacial score (nSPS) is 20.7. The first kappa shape index (κ1) is 19.2. The maximum Gasteiger partial charge on any atom is 0.191 e. The van der Waals surface area contributed by atoms with Crippen molar-refractivity contribution in [3.8, 4) is 11.4 Å². The van der Waals surface area contributed by atoms with Crippen LogP contribution in [0.3, 0.4) is 0 Å². The van der Waals surface area contributed by atoms with Gasteiger partial charge in [-0.3, -0.25) is 9.47 Å². The predicted molar refractivity (Wildman–Crippen MR) is 117 cm³/mol. The molecule has 1 saturated carbocycles. The second kappa shape index (κ2) is 8.13. The van der Waals surface area contributed by atoms with Crippen LogP contribution in [-0.2, 0) is 4.74 Å². The van der Waals surface area contributed by atoms with E-state index < -0.39 is 0 Å². The lowest BCUT2D eigenvalue weighted by Gasteiger charge is -2.33. The van der Waals surface area contributed by atoms with Crippen LogP contribution in [0.15, 0.2) is 35.6 Å². The molecule has 2 fully saturated rings. The van der Waals surface area contributed by atoms with Crippen molar-refractivity contribution in [3.05, 3.63) is 30.5 Å². The summed E-state index contributed by atoms with van der Waals surface area (Å²) < 4.78 is 8.40. The van der Waals surface area contributed by atoms with Gasteiger partial charge >= 0.3 is 0 Å². The van der Waals surface area contributed by atoms with Crippen LogP contribution in [0.1, 0.15) is 32.7 Å². The fourth-order valence-corrected chi connectivity index (χ4v) is 5.22. The largest absolute Gasteiger partial charge is 0.375 e. The van der Waals surface area contributed by atoms with Crippen molar-refractivity contribution in [1.29, 1.82) is 0 Å². The van der Waals surface area contributed by atoms with Gasteiger partial charge in [0, 0.05) is 54.1 Å². The Morgan fingerprint density at radius 1 is 1.24 bits per heavy atom. The van der Waals surface area contributed by atoms with Crippen molar-refractivity contribution in [2.45, 2.75) is 44.0 Å². The Morgan fingerprint density at radius 3 is 2.93 bits per heavy atom. The number of thioether (sulfide) groups is 1. The minimum atomic E-state index is 0.258. The Balaban J connectivity index is 1.34. The van der Waals surface area contributed by atoms with Crippen LogP contribution < -0.4 is 0 Å². The van der Waals surface area contributed by atoms with Gasteiger partial charge in [-0.05, 0) is 24.8 Å². The molecule has 1 aromatic carbocycles. The van der Waals surface area contributed by atoms with Crippen LogP contribution in [0, 0.1) is 5.92 Å². The topological polar surface area (TPSA) is 59.0 Å². The quantitative estimate of drug-likeness (QED) is 0.590. The number of fused-ring (bicyclic) bond motifs is 1. The SMILES string of the molecule is CC(C)CN1CCOC(CSc2nnc(-c3c[nH]c4ccccc34)n2C2CC2)C1. The summed E-state index contributed by atoms with van der Waals surface area (Å²) in [5.74, 6) is 2.60. The fraction of sp³-hybridized carbons (Fsp3) is 0.545. The number of aromatic amines is 1. The second-order valence-corrected chi connectivity index (χ2v) is 9.60. The molecule has 2 aromatic heterocycles. The van der Waals surface area contributed by atoms with Crippen LogP contribution in [-0.4, -0.2) is 62.7 Å². The van der Waals surface area contributed by atoms with E-state index in [2.05, 4.69) is 69.0 Å². The summed E-state index contributed by atoms with van der Waals surface area (Å²) in [6.45, 7) is 8.59. The molecule has 154 valence electrons. The Morgan fingerprint density at radius 2 is 2.10 bits per heavy atom. The van der Waals surface area contributed by atoms with E-state index in [0.717, 1.165) is 54.1 Å². The molecule has 1 unspecified atom stereocenters. The predicted octanol–water partition coefficient (Wildman–Crippen LogP) is 4.21. The zero-order chi connectivity index (χ0) is 19.8. The van der Waals surface area contributed by atoms with Crippen LogP contribution in [0.25, 0.3) is 22.3 Å². The van der Waals surface area contributed by atoms with Gasteiger partial charge in [0.25, 0.3) is 0 Å². The molecule has 0 bridgehead atoms. The molecule has 5 rings (SSSR count). The number of nitrogens with one attached hydrogen (secondary N) is 1. The van der Waals surface area contributed by atoms with E-state index in [0.29, 0.717) is 12.0 Å². The van der Waals surface area contributed by atoms with Gasteiger partial charge in [-0.1, -0.05) is 43.8 Å². The number of para-hydroxylation sites is 1. The zero-order valence-corrected chi connectivity index (χ0v) is 18.0. The molecule has 1 aliphatic carbocycles. The molecule has 3 aromatic rings. The molecular formula is C22H29N5OS. The van der Waals surface area contributed by atoms with Gasteiger partial charge in [0.15, 0.2) is 11.0 Å². The highest BCUT2D eigenvalue weighted by Gasteiger charge is 2.31. The third-order valence-electron chi connectivity index (χ3n) is 5.65. The number of hydrogen-bond acceptors (Lipinski definition) is 5. The molecule has 7 heteroatoms. The number of benzene rings is 1. The summed E-state index contributed by atoms with van der Waals surface area (Å²) >= 11 is 1.79. The number of H-pyrrole nitrogens is 1. The molecule has 2 aliphatic rings. The van der Waals surface area contributed by atoms with E-state index in [9.17, 15) is 0 Å². The van der Waals surface area contributed by atoms with Gasteiger partial charge < -0.3 is 9.72 Å². The van der Waals surface area contributed by atoms with Gasteiger partial charge in [-0.2, -0.15) is 0 Å². The summed E-state index contributed by atoms with van der Waals surface area (Å²) in [6.07, 6.45) is 4.75. The molecule has 0 radical (unpaired) electrons. The maximum absolute atomic E-state index is 6.04. The van der Waals surface area contributed by atoms with Crippen molar-refractivity contribution in [1.82, 2.24) is 24.6 Å². The molecule has 6 nitrogen and oxygen atoms in total. The first-order valence-electron chi connectivity index (χ1n) is 10.7. The van der Waals surface area contributed by atoms with E-state index in [1.807, 2.05) is 0 Å². The molecule has 0 amide bonds. The molecule has 29 heavy (non-hydrogen) atoms.